The van der Waals surface area contributed by atoms with Crippen molar-refractivity contribution in [3.63, 3.8) is 0 Å². The van der Waals surface area contributed by atoms with Crippen LogP contribution in [0, 0.1) is 0 Å². The van der Waals surface area contributed by atoms with Crippen LogP contribution in [0.1, 0.15) is 38.5 Å². The highest BCUT2D eigenvalue weighted by Crippen LogP contribution is 2.27. The fraction of sp³-hybridized carbons (Fsp3) is 0.727. The van der Waals surface area contributed by atoms with Gasteiger partial charge in [-0.3, -0.25) is 4.79 Å². The number of hydrogen-bond acceptors (Lipinski definition) is 3. The van der Waals surface area contributed by atoms with Crippen LogP contribution in [-0.2, 0) is 4.79 Å². The molecular weight excluding hydrogens is 194 g/mol. The second-order valence-corrected chi connectivity index (χ2v) is 4.81. The van der Waals surface area contributed by atoms with Gasteiger partial charge in [0.05, 0.1) is 6.54 Å². The molecule has 0 atom stereocenters. The molecule has 0 N–H and O–H groups in total. The molecule has 1 heterocycles. The van der Waals surface area contributed by atoms with E-state index >= 15 is 0 Å². The summed E-state index contributed by atoms with van der Waals surface area (Å²) in [5, 5.41) is 0. The maximum absolute atomic E-state index is 11.8. The quantitative estimate of drug-likeness (QED) is 0.621. The molecule has 1 aliphatic heterocycles. The third kappa shape index (κ3) is 2.20. The normalized spacial score (nSPS) is 25.6. The van der Waals surface area contributed by atoms with Crippen molar-refractivity contribution in [3.05, 3.63) is 11.1 Å². The van der Waals surface area contributed by atoms with E-state index in [0.29, 0.717) is 12.3 Å². The van der Waals surface area contributed by atoms with Gasteiger partial charge < -0.3 is 0 Å². The number of carbonyl (C=O) groups excluding carboxylic acids is 1. The van der Waals surface area contributed by atoms with Gasteiger partial charge in [0.2, 0.25) is 0 Å². The number of rotatable bonds is 0. The van der Waals surface area contributed by atoms with Crippen LogP contribution < -0.4 is 0 Å². The van der Waals surface area contributed by atoms with Gasteiger partial charge in [-0.15, -0.1) is 0 Å². The Bertz CT molecular complexity index is 272. The summed E-state index contributed by atoms with van der Waals surface area (Å²) in [6.45, 7) is 1.39. The van der Waals surface area contributed by atoms with E-state index in [1.54, 1.807) is 0 Å². The lowest BCUT2D eigenvalue weighted by Crippen LogP contribution is -2.32. The van der Waals surface area contributed by atoms with E-state index in [2.05, 4.69) is 12.8 Å². The average molecular weight is 211 g/mol. The Morgan fingerprint density at radius 1 is 1.00 bits per heavy atom. The SMILES string of the molecule is O=C1CN(S)CC2=C1CCCCCC2. The summed E-state index contributed by atoms with van der Waals surface area (Å²) in [7, 11) is 0. The first-order valence-corrected chi connectivity index (χ1v) is 5.85. The molecule has 0 amide bonds. The fourth-order valence-electron chi connectivity index (χ4n) is 2.37. The molecule has 0 radical (unpaired) electrons. The Kier molecular flexibility index (Phi) is 3.29. The van der Waals surface area contributed by atoms with Crippen molar-refractivity contribution < 1.29 is 4.79 Å². The molecule has 0 aromatic rings. The van der Waals surface area contributed by atoms with Crippen molar-refractivity contribution in [1.29, 1.82) is 0 Å². The molecule has 1 aliphatic carbocycles. The van der Waals surface area contributed by atoms with Gasteiger partial charge in [0.15, 0.2) is 5.78 Å². The van der Waals surface area contributed by atoms with E-state index in [-0.39, 0.29) is 0 Å². The predicted octanol–water partition coefficient (Wildman–Crippen LogP) is 2.37. The zero-order chi connectivity index (χ0) is 9.97. The second kappa shape index (κ2) is 4.49. The number of hydrogen-bond donors (Lipinski definition) is 1. The number of ketones is 1. The van der Waals surface area contributed by atoms with Crippen LogP contribution in [0.25, 0.3) is 0 Å². The highest BCUT2D eigenvalue weighted by atomic mass is 32.1. The molecule has 0 aromatic heterocycles. The number of thiol groups is 1. The van der Waals surface area contributed by atoms with Crippen molar-refractivity contribution in [2.45, 2.75) is 38.5 Å². The molecule has 3 heteroatoms. The smallest absolute Gasteiger partial charge is 0.173 e. The summed E-state index contributed by atoms with van der Waals surface area (Å²) in [5.74, 6) is 0.308. The van der Waals surface area contributed by atoms with Gasteiger partial charge in [0, 0.05) is 6.54 Å². The minimum atomic E-state index is 0.308. The molecule has 0 saturated carbocycles. The van der Waals surface area contributed by atoms with Gasteiger partial charge in [0.1, 0.15) is 0 Å². The topological polar surface area (TPSA) is 20.3 Å². The van der Waals surface area contributed by atoms with Crippen molar-refractivity contribution in [3.8, 4) is 0 Å². The van der Waals surface area contributed by atoms with Gasteiger partial charge in [0.25, 0.3) is 0 Å². The zero-order valence-corrected chi connectivity index (χ0v) is 9.35. The Hall–Kier alpha value is -0.280. The van der Waals surface area contributed by atoms with E-state index < -0.39 is 0 Å². The average Bonchev–Trinajstić information content (AvgIpc) is 2.07. The number of carbonyl (C=O) groups is 1. The summed E-state index contributed by atoms with van der Waals surface area (Å²) in [4.78, 5) is 11.8. The Balaban J connectivity index is 2.20. The zero-order valence-electron chi connectivity index (χ0n) is 8.46. The molecule has 0 aromatic carbocycles. The lowest BCUT2D eigenvalue weighted by Gasteiger charge is -2.27. The van der Waals surface area contributed by atoms with Crippen molar-refractivity contribution >= 4 is 18.6 Å². The van der Waals surface area contributed by atoms with Crippen molar-refractivity contribution in [1.82, 2.24) is 4.31 Å². The summed E-state index contributed by atoms with van der Waals surface area (Å²) in [5.41, 5.74) is 2.49. The largest absolute Gasteiger partial charge is 0.293 e. The van der Waals surface area contributed by atoms with Crippen LogP contribution in [0.3, 0.4) is 0 Å². The summed E-state index contributed by atoms with van der Waals surface area (Å²) >= 11 is 4.28. The standard InChI is InChI=1S/C11H17NOS/c13-11-8-12(14)7-9-5-3-1-2-4-6-10(9)11/h14H,1-8H2. The van der Waals surface area contributed by atoms with Crippen LogP contribution in [0.5, 0.6) is 0 Å². The van der Waals surface area contributed by atoms with E-state index in [0.717, 1.165) is 25.0 Å². The molecule has 0 saturated heterocycles. The first kappa shape index (κ1) is 10.2. The molecule has 0 unspecified atom stereocenters. The minimum Gasteiger partial charge on any atom is -0.293 e. The molecule has 0 fully saturated rings. The second-order valence-electron chi connectivity index (χ2n) is 4.24. The highest BCUT2D eigenvalue weighted by Gasteiger charge is 2.24. The molecule has 0 bridgehead atoms. The molecule has 2 rings (SSSR count). The number of nitrogens with zero attached hydrogens (tertiary/aromatic N) is 1. The van der Waals surface area contributed by atoms with Gasteiger partial charge in [-0.25, -0.2) is 4.31 Å². The van der Waals surface area contributed by atoms with Crippen LogP contribution in [-0.4, -0.2) is 23.2 Å². The first-order valence-electron chi connectivity index (χ1n) is 5.45. The van der Waals surface area contributed by atoms with Crippen molar-refractivity contribution in [2.75, 3.05) is 13.1 Å². The summed E-state index contributed by atoms with van der Waals surface area (Å²) in [6, 6.07) is 0. The highest BCUT2D eigenvalue weighted by molar-refractivity contribution is 7.77. The molecule has 0 spiro atoms. The molecule has 78 valence electrons. The predicted molar refractivity (Wildman–Crippen MR) is 60.3 cm³/mol. The Morgan fingerprint density at radius 3 is 2.50 bits per heavy atom. The van der Waals surface area contributed by atoms with E-state index in [1.165, 1.54) is 31.3 Å². The molecule has 2 aliphatic rings. The van der Waals surface area contributed by atoms with E-state index in [4.69, 9.17) is 0 Å². The summed E-state index contributed by atoms with van der Waals surface area (Å²) in [6.07, 6.45) is 7.16. The van der Waals surface area contributed by atoms with E-state index in [9.17, 15) is 4.79 Å². The number of Topliss-reactive ketones (excluding diaryl/α,β-unsaturated/α-hetero) is 1. The van der Waals surface area contributed by atoms with Crippen LogP contribution >= 0.6 is 12.8 Å². The summed E-state index contributed by atoms with van der Waals surface area (Å²) < 4.78 is 1.84. The van der Waals surface area contributed by atoms with Crippen LogP contribution in [0.4, 0.5) is 0 Å². The lowest BCUT2D eigenvalue weighted by molar-refractivity contribution is -0.116. The minimum absolute atomic E-state index is 0.308. The maximum atomic E-state index is 11.8. The van der Waals surface area contributed by atoms with Gasteiger partial charge in [-0.05, 0) is 36.8 Å². The Labute approximate surface area is 90.9 Å². The van der Waals surface area contributed by atoms with Crippen LogP contribution in [0.2, 0.25) is 0 Å². The molecule has 14 heavy (non-hydrogen) atoms. The van der Waals surface area contributed by atoms with Crippen LogP contribution in [0.15, 0.2) is 11.1 Å². The maximum Gasteiger partial charge on any atom is 0.173 e. The lowest BCUT2D eigenvalue weighted by atomic mass is 9.89. The first-order chi connectivity index (χ1) is 6.77. The Morgan fingerprint density at radius 2 is 1.71 bits per heavy atom. The monoisotopic (exact) mass is 211 g/mol. The van der Waals surface area contributed by atoms with Gasteiger partial charge in [-0.1, -0.05) is 25.7 Å². The van der Waals surface area contributed by atoms with Gasteiger partial charge in [-0.2, -0.15) is 0 Å². The fourth-order valence-corrected chi connectivity index (χ4v) is 2.67. The van der Waals surface area contributed by atoms with Crippen molar-refractivity contribution in [2.24, 2.45) is 0 Å². The van der Waals surface area contributed by atoms with E-state index in [1.807, 2.05) is 4.31 Å². The third-order valence-electron chi connectivity index (χ3n) is 3.12. The molecular formula is C11H17NOS. The van der Waals surface area contributed by atoms with Gasteiger partial charge >= 0.3 is 0 Å². The third-order valence-corrected chi connectivity index (χ3v) is 3.40. The molecule has 2 nitrogen and oxygen atoms in total.